The highest BCUT2D eigenvalue weighted by Gasteiger charge is 2.25. The van der Waals surface area contributed by atoms with Gasteiger partial charge in [0.15, 0.2) is 11.6 Å². The number of hydrogen-bond acceptors (Lipinski definition) is 7. The zero-order chi connectivity index (χ0) is 23.5. The molecule has 0 spiro atoms. The van der Waals surface area contributed by atoms with Gasteiger partial charge in [-0.1, -0.05) is 23.7 Å². The third kappa shape index (κ3) is 4.98. The van der Waals surface area contributed by atoms with Crippen LogP contribution in [0.5, 0.6) is 5.75 Å². The number of fused-ring (bicyclic) bond motifs is 1. The lowest BCUT2D eigenvalue weighted by atomic mass is 10.2. The normalized spacial score (nSPS) is 18.4. The van der Waals surface area contributed by atoms with Crippen LogP contribution in [0.1, 0.15) is 16.2 Å². The van der Waals surface area contributed by atoms with E-state index in [0.717, 1.165) is 10.6 Å². The Morgan fingerprint density at radius 2 is 2.03 bits per heavy atom. The van der Waals surface area contributed by atoms with Crippen LogP contribution in [-0.4, -0.2) is 59.2 Å². The monoisotopic (exact) mass is 477 g/mol. The maximum atomic E-state index is 14.7. The molecule has 1 aliphatic heterocycles. The Morgan fingerprint density at radius 3 is 2.70 bits per heavy atom. The van der Waals surface area contributed by atoms with Crippen LogP contribution in [0.25, 0.3) is 10.9 Å². The minimum absolute atomic E-state index is 0.0569. The van der Waals surface area contributed by atoms with Crippen LogP contribution in [0.2, 0.25) is 5.02 Å². The van der Waals surface area contributed by atoms with Crippen molar-refractivity contribution in [3.8, 4) is 5.75 Å². The van der Waals surface area contributed by atoms with E-state index in [2.05, 4.69) is 4.98 Å². The highest BCUT2D eigenvalue weighted by atomic mass is 35.5. The summed E-state index contributed by atoms with van der Waals surface area (Å²) in [5.41, 5.74) is 5.46. The van der Waals surface area contributed by atoms with Crippen molar-refractivity contribution < 1.29 is 28.5 Å². The lowest BCUT2D eigenvalue weighted by Crippen LogP contribution is -2.40. The summed E-state index contributed by atoms with van der Waals surface area (Å²) in [5, 5.41) is 9.42. The van der Waals surface area contributed by atoms with E-state index in [1.807, 2.05) is 0 Å². The summed E-state index contributed by atoms with van der Waals surface area (Å²) in [6.45, 7) is -0.0249. The van der Waals surface area contributed by atoms with Crippen LogP contribution >= 0.6 is 11.6 Å². The number of halogens is 2. The second kappa shape index (κ2) is 9.84. The minimum atomic E-state index is -0.908. The molecule has 0 radical (unpaired) electrons. The fraction of sp³-hybridized carbons (Fsp3) is 0.318. The van der Waals surface area contributed by atoms with Crippen molar-refractivity contribution in [2.75, 3.05) is 26.4 Å². The van der Waals surface area contributed by atoms with Crippen molar-refractivity contribution in [2.24, 2.45) is 5.73 Å². The van der Waals surface area contributed by atoms with Crippen LogP contribution in [0.4, 0.5) is 4.39 Å². The van der Waals surface area contributed by atoms with Gasteiger partial charge in [-0.25, -0.2) is 9.37 Å². The lowest BCUT2D eigenvalue weighted by molar-refractivity contribution is -0.153. The van der Waals surface area contributed by atoms with Crippen LogP contribution in [0.3, 0.4) is 0 Å². The van der Waals surface area contributed by atoms with Crippen LogP contribution in [0.15, 0.2) is 41.2 Å². The molecule has 0 bridgehead atoms. The number of benzene rings is 2. The number of aliphatic hydroxyl groups excluding tert-OH is 1. The number of ether oxygens (including phenoxy) is 3. The number of nitrogens with zero attached hydrogens (tertiary/aromatic N) is 2. The van der Waals surface area contributed by atoms with Gasteiger partial charge in [0.2, 0.25) is 5.82 Å². The molecule has 2 atom stereocenters. The third-order valence-electron chi connectivity index (χ3n) is 5.13. The molecule has 2 heterocycles. The number of aromatic nitrogens is 2. The second-order valence-electron chi connectivity index (χ2n) is 7.50. The number of carbonyl (C=O) groups is 1. The molecular weight excluding hydrogens is 457 g/mol. The molecule has 1 aliphatic rings. The molecule has 174 valence electrons. The number of aliphatic hydroxyl groups is 1. The zero-order valence-electron chi connectivity index (χ0n) is 17.4. The van der Waals surface area contributed by atoms with Crippen molar-refractivity contribution >= 4 is 28.4 Å². The van der Waals surface area contributed by atoms with Crippen molar-refractivity contribution in [3.63, 3.8) is 0 Å². The zero-order valence-corrected chi connectivity index (χ0v) is 18.1. The maximum absolute atomic E-state index is 14.7. The molecule has 1 amide bonds. The van der Waals surface area contributed by atoms with Crippen molar-refractivity contribution in [2.45, 2.75) is 18.8 Å². The van der Waals surface area contributed by atoms with Gasteiger partial charge in [-0.3, -0.25) is 14.2 Å². The van der Waals surface area contributed by atoms with Crippen molar-refractivity contribution in [1.82, 2.24) is 9.55 Å². The fourth-order valence-corrected chi connectivity index (χ4v) is 3.72. The van der Waals surface area contributed by atoms with Gasteiger partial charge in [-0.05, 0) is 29.8 Å². The van der Waals surface area contributed by atoms with E-state index in [9.17, 15) is 14.0 Å². The summed E-state index contributed by atoms with van der Waals surface area (Å²) in [5.74, 6) is -2.26. The summed E-state index contributed by atoms with van der Waals surface area (Å²) in [6.07, 6.45) is -0.945. The van der Waals surface area contributed by atoms with Gasteiger partial charge in [0.05, 0.1) is 31.9 Å². The molecule has 0 saturated carbocycles. The Morgan fingerprint density at radius 1 is 1.27 bits per heavy atom. The fourth-order valence-electron chi connectivity index (χ4n) is 3.51. The van der Waals surface area contributed by atoms with Gasteiger partial charge in [-0.15, -0.1) is 0 Å². The molecule has 0 aliphatic carbocycles. The summed E-state index contributed by atoms with van der Waals surface area (Å²) in [4.78, 5) is 29.6. The van der Waals surface area contributed by atoms with Gasteiger partial charge in [-0.2, -0.15) is 0 Å². The highest BCUT2D eigenvalue weighted by Crippen LogP contribution is 2.26. The summed E-state index contributed by atoms with van der Waals surface area (Å²) in [7, 11) is 0. The molecule has 3 N–H and O–H groups in total. The van der Waals surface area contributed by atoms with Gasteiger partial charge >= 0.3 is 0 Å². The molecular formula is C22H21ClFN3O6. The Hall–Kier alpha value is -3.05. The number of primary amides is 1. The molecule has 1 fully saturated rings. The molecule has 1 saturated heterocycles. The number of nitrogens with two attached hydrogens (primary N) is 1. The van der Waals surface area contributed by atoms with E-state index in [1.165, 1.54) is 6.07 Å². The SMILES string of the molecule is NC(=O)c1nc2ccc(F)c(OCC3COC(CO)CO3)c2c(=O)n1Cc1cccc(Cl)c1. The summed E-state index contributed by atoms with van der Waals surface area (Å²) >= 11 is 6.03. The summed E-state index contributed by atoms with van der Waals surface area (Å²) < 4.78 is 32.4. The largest absolute Gasteiger partial charge is 0.487 e. The first-order valence-corrected chi connectivity index (χ1v) is 10.5. The number of hydrogen-bond donors (Lipinski definition) is 2. The smallest absolute Gasteiger partial charge is 0.284 e. The Kier molecular flexibility index (Phi) is 6.89. The van der Waals surface area contributed by atoms with Crippen LogP contribution < -0.4 is 16.0 Å². The topological polar surface area (TPSA) is 126 Å². The first-order valence-electron chi connectivity index (χ1n) is 10.1. The molecule has 1 aromatic heterocycles. The average Bonchev–Trinajstić information content (AvgIpc) is 2.80. The lowest BCUT2D eigenvalue weighted by Gasteiger charge is -2.28. The summed E-state index contributed by atoms with van der Waals surface area (Å²) in [6, 6.07) is 9.09. The maximum Gasteiger partial charge on any atom is 0.284 e. The molecule has 33 heavy (non-hydrogen) atoms. The molecule has 2 unspecified atom stereocenters. The third-order valence-corrected chi connectivity index (χ3v) is 5.37. The van der Waals surface area contributed by atoms with Crippen molar-refractivity contribution in [3.05, 3.63) is 69.0 Å². The van der Waals surface area contributed by atoms with Gasteiger partial charge < -0.3 is 25.1 Å². The van der Waals surface area contributed by atoms with Crippen LogP contribution in [-0.2, 0) is 16.0 Å². The Labute approximate surface area is 192 Å². The number of amides is 1. The average molecular weight is 478 g/mol. The van der Waals surface area contributed by atoms with E-state index < -0.39 is 29.5 Å². The first kappa shape index (κ1) is 23.1. The van der Waals surface area contributed by atoms with E-state index >= 15 is 0 Å². The number of carbonyl (C=O) groups excluding carboxylic acids is 1. The molecule has 4 rings (SSSR count). The second-order valence-corrected chi connectivity index (χ2v) is 7.93. The van der Waals surface area contributed by atoms with Crippen molar-refractivity contribution in [1.29, 1.82) is 0 Å². The molecule has 3 aromatic rings. The predicted octanol–water partition coefficient (Wildman–Crippen LogP) is 1.49. The Bertz CT molecular complexity index is 1240. The van der Waals surface area contributed by atoms with Gasteiger partial charge in [0, 0.05) is 5.02 Å². The molecule has 9 nitrogen and oxygen atoms in total. The van der Waals surface area contributed by atoms with Gasteiger partial charge in [0.1, 0.15) is 24.2 Å². The molecule has 11 heteroatoms. The van der Waals surface area contributed by atoms with E-state index in [-0.39, 0.29) is 55.4 Å². The quantitative estimate of drug-likeness (QED) is 0.528. The van der Waals surface area contributed by atoms with E-state index in [1.54, 1.807) is 24.3 Å². The number of rotatable bonds is 7. The standard InChI is InChI=1S/C22H21ClFN3O6/c23-13-3-1-2-12(6-13)7-27-21(20(25)29)26-17-5-4-16(24)19(18(17)22(27)30)33-11-15-10-31-14(8-28)9-32-15/h1-6,14-15,28H,7-11H2,(H2,25,29). The first-order chi connectivity index (χ1) is 15.9. The van der Waals surface area contributed by atoms with E-state index in [4.69, 9.17) is 36.7 Å². The van der Waals surface area contributed by atoms with Crippen LogP contribution in [0, 0.1) is 5.82 Å². The Balaban J connectivity index is 1.72. The highest BCUT2D eigenvalue weighted by molar-refractivity contribution is 6.30. The van der Waals surface area contributed by atoms with Gasteiger partial charge in [0.25, 0.3) is 11.5 Å². The minimum Gasteiger partial charge on any atom is -0.487 e. The molecule has 2 aromatic carbocycles. The predicted molar refractivity (Wildman–Crippen MR) is 117 cm³/mol. The van der Waals surface area contributed by atoms with E-state index in [0.29, 0.717) is 10.6 Å².